The minimum Gasteiger partial charge on any atom is -0.481 e. The second-order valence-corrected chi connectivity index (χ2v) is 14.3. The van der Waals surface area contributed by atoms with E-state index >= 15 is 0 Å². The van der Waals surface area contributed by atoms with Crippen LogP contribution in [-0.2, 0) is 25.5 Å². The number of aryl methyl sites for hydroxylation is 1. The molecule has 0 bridgehead atoms. The van der Waals surface area contributed by atoms with Crippen molar-refractivity contribution in [2.45, 2.75) is 109 Å². The third kappa shape index (κ3) is 8.76. The molecular weight excluding hydrogens is 580 g/mol. The van der Waals surface area contributed by atoms with Gasteiger partial charge in [0.1, 0.15) is 12.6 Å². The topological polar surface area (TPSA) is 159 Å². The summed E-state index contributed by atoms with van der Waals surface area (Å²) in [6.07, 6.45) is 5.09. The highest BCUT2D eigenvalue weighted by Gasteiger charge is 2.50. The molecule has 7 atom stereocenters. The Morgan fingerprint density at radius 3 is 2.53 bits per heavy atom. The van der Waals surface area contributed by atoms with E-state index < -0.39 is 42.8 Å². The normalized spacial score (nSPS) is 25.9. The van der Waals surface area contributed by atoms with Gasteiger partial charge in [-0.15, -0.1) is 0 Å². The molecule has 11 nitrogen and oxygen atoms in total. The number of nitrogens with one attached hydrogen (secondary N) is 1. The predicted octanol–water partition coefficient (Wildman–Crippen LogP) is 5.39. The van der Waals surface area contributed by atoms with Crippen LogP contribution >= 0.6 is 0 Å². The number of benzene rings is 1. The Bertz CT molecular complexity index is 1230. The number of hydrogen-bond acceptors (Lipinski definition) is 7. The Kier molecular flexibility index (Phi) is 11.2. The SMILES string of the molecule is CC(=O)OC(CC(=O)O)C[N+](C)(C)C(=O)NCCCC(O)CC(OC(=O)O)c1ccc2c(c1)CCC1C2CC[C@]2(C)CCCC12. The van der Waals surface area contributed by atoms with Crippen LogP contribution in [0.5, 0.6) is 0 Å². The highest BCUT2D eigenvalue weighted by atomic mass is 16.7. The Balaban J connectivity index is 1.30. The van der Waals surface area contributed by atoms with E-state index in [1.807, 2.05) is 6.07 Å². The molecule has 250 valence electrons. The van der Waals surface area contributed by atoms with Gasteiger partial charge in [0.2, 0.25) is 0 Å². The second kappa shape index (κ2) is 14.5. The van der Waals surface area contributed by atoms with Gasteiger partial charge in [-0.1, -0.05) is 31.5 Å². The van der Waals surface area contributed by atoms with Gasteiger partial charge in [0.25, 0.3) is 0 Å². The van der Waals surface area contributed by atoms with Gasteiger partial charge in [-0.25, -0.2) is 14.1 Å². The van der Waals surface area contributed by atoms with Crippen molar-refractivity contribution in [1.82, 2.24) is 5.32 Å². The molecule has 4 rings (SSSR count). The highest BCUT2D eigenvalue weighted by molar-refractivity contribution is 5.70. The van der Waals surface area contributed by atoms with Gasteiger partial charge in [-0.2, -0.15) is 0 Å². The van der Waals surface area contributed by atoms with E-state index in [0.29, 0.717) is 24.2 Å². The average Bonchev–Trinajstić information content (AvgIpc) is 3.35. The zero-order valence-electron chi connectivity index (χ0n) is 27.1. The summed E-state index contributed by atoms with van der Waals surface area (Å²) in [4.78, 5) is 46.9. The van der Waals surface area contributed by atoms with E-state index in [4.69, 9.17) is 14.6 Å². The smallest absolute Gasteiger partial charge is 0.481 e. The number of hydrogen-bond donors (Lipinski definition) is 4. The number of amides is 2. The summed E-state index contributed by atoms with van der Waals surface area (Å²) in [5.41, 5.74) is 3.92. The molecule has 0 saturated heterocycles. The Morgan fingerprint density at radius 2 is 1.84 bits per heavy atom. The minimum atomic E-state index is -1.39. The van der Waals surface area contributed by atoms with Crippen LogP contribution in [0.25, 0.3) is 0 Å². The fraction of sp³-hybridized carbons (Fsp3) is 0.706. The molecular formula is C34H51N2O9+. The number of aliphatic hydroxyl groups is 1. The van der Waals surface area contributed by atoms with Gasteiger partial charge < -0.3 is 30.1 Å². The van der Waals surface area contributed by atoms with Gasteiger partial charge in [-0.3, -0.25) is 9.59 Å². The molecule has 11 heteroatoms. The molecule has 1 aromatic rings. The Hall–Kier alpha value is -3.18. The van der Waals surface area contributed by atoms with Gasteiger partial charge in [-0.05, 0) is 91.2 Å². The van der Waals surface area contributed by atoms with Crippen LogP contribution in [0.4, 0.5) is 9.59 Å². The highest BCUT2D eigenvalue weighted by Crippen LogP contribution is 2.60. The zero-order valence-corrected chi connectivity index (χ0v) is 27.1. The van der Waals surface area contributed by atoms with Crippen LogP contribution in [0.3, 0.4) is 0 Å². The number of esters is 1. The first kappa shape index (κ1) is 34.7. The Labute approximate surface area is 265 Å². The monoisotopic (exact) mass is 631 g/mol. The average molecular weight is 632 g/mol. The molecule has 4 N–H and O–H groups in total. The van der Waals surface area contributed by atoms with Crippen LogP contribution < -0.4 is 5.32 Å². The third-order valence-electron chi connectivity index (χ3n) is 10.6. The van der Waals surface area contributed by atoms with Crippen LogP contribution in [0.1, 0.15) is 107 Å². The molecule has 0 aromatic heterocycles. The molecule has 0 spiro atoms. The van der Waals surface area contributed by atoms with E-state index in [0.717, 1.165) is 23.8 Å². The molecule has 0 aliphatic heterocycles. The molecule has 45 heavy (non-hydrogen) atoms. The van der Waals surface area contributed by atoms with Gasteiger partial charge in [0, 0.05) is 19.9 Å². The fourth-order valence-electron chi connectivity index (χ4n) is 8.45. The van der Waals surface area contributed by atoms with Gasteiger partial charge in [0.05, 0.1) is 26.6 Å². The van der Waals surface area contributed by atoms with E-state index in [-0.39, 0.29) is 30.0 Å². The number of carboxylic acid groups (broad SMARTS) is 2. The summed E-state index contributed by atoms with van der Waals surface area (Å²) in [6, 6.07) is 5.84. The standard InChI is InChI=1S/C34H50N2O9/c1-21(37)44-25(19-31(39)40)20-36(3,4)32(41)35-16-6-7-24(38)18-30(45-33(42)43)23-10-11-26-22(17-23)9-12-28-27(26)13-15-34(2)14-5-8-29(28)34/h10-11,17,24-25,27-30,38H,5-9,12-16,18-20H2,1-4H3,(H2-,35,39,40,41,42,43)/p+1/t24?,25?,27?,28?,29?,30?,34-/m0/s1. The van der Waals surface area contributed by atoms with Gasteiger partial charge in [0.15, 0.2) is 6.10 Å². The quantitative estimate of drug-likeness (QED) is 0.127. The maximum absolute atomic E-state index is 12.8. The molecule has 0 heterocycles. The molecule has 6 unspecified atom stereocenters. The molecule has 1 aromatic carbocycles. The van der Waals surface area contributed by atoms with Gasteiger partial charge >= 0.3 is 24.1 Å². The lowest BCUT2D eigenvalue weighted by molar-refractivity contribution is -0.812. The number of likely N-dealkylation sites (N-methyl/N-ethyl adjacent to an activating group) is 1. The molecule has 2 amide bonds. The lowest BCUT2D eigenvalue weighted by Gasteiger charge is -2.49. The largest absolute Gasteiger partial charge is 0.506 e. The van der Waals surface area contributed by atoms with Crippen LogP contribution in [-0.4, -0.2) is 83.3 Å². The van der Waals surface area contributed by atoms with Crippen LogP contribution in [0.15, 0.2) is 18.2 Å². The summed E-state index contributed by atoms with van der Waals surface area (Å²) in [5, 5.41) is 32.2. The van der Waals surface area contributed by atoms with Crippen molar-refractivity contribution in [3.63, 3.8) is 0 Å². The molecule has 3 aliphatic rings. The lowest BCUT2D eigenvalue weighted by atomic mass is 9.56. The lowest BCUT2D eigenvalue weighted by Crippen LogP contribution is -2.55. The maximum atomic E-state index is 12.8. The summed E-state index contributed by atoms with van der Waals surface area (Å²) < 4.78 is 10.1. The second-order valence-electron chi connectivity index (χ2n) is 14.3. The predicted molar refractivity (Wildman–Crippen MR) is 166 cm³/mol. The van der Waals surface area contributed by atoms with Crippen molar-refractivity contribution in [2.75, 3.05) is 27.2 Å². The number of carboxylic acids is 1. The van der Waals surface area contributed by atoms with Crippen LogP contribution in [0.2, 0.25) is 0 Å². The van der Waals surface area contributed by atoms with Crippen molar-refractivity contribution < 1.29 is 48.5 Å². The molecule has 0 radical (unpaired) electrons. The molecule has 2 saturated carbocycles. The van der Waals surface area contributed by atoms with Crippen molar-refractivity contribution in [2.24, 2.45) is 17.3 Å². The number of nitrogens with zero attached hydrogens (tertiary/aromatic N) is 1. The van der Waals surface area contributed by atoms with Crippen LogP contribution in [0, 0.1) is 17.3 Å². The first-order chi connectivity index (χ1) is 21.2. The summed E-state index contributed by atoms with van der Waals surface area (Å²) in [7, 11) is 3.18. The number of carbonyl (C=O) groups excluding carboxylic acids is 2. The number of ether oxygens (including phenoxy) is 2. The molecule has 3 aliphatic carbocycles. The number of carbonyl (C=O) groups is 4. The number of quaternary nitrogens is 1. The Morgan fingerprint density at radius 1 is 1.09 bits per heavy atom. The number of aliphatic hydroxyl groups excluding tert-OH is 1. The van der Waals surface area contributed by atoms with E-state index in [9.17, 15) is 29.4 Å². The third-order valence-corrected chi connectivity index (χ3v) is 10.6. The van der Waals surface area contributed by atoms with E-state index in [1.54, 1.807) is 14.1 Å². The zero-order chi connectivity index (χ0) is 32.9. The number of urea groups is 1. The maximum Gasteiger partial charge on any atom is 0.506 e. The molecule has 2 fully saturated rings. The van der Waals surface area contributed by atoms with Crippen molar-refractivity contribution in [3.05, 3.63) is 34.9 Å². The fourth-order valence-corrected chi connectivity index (χ4v) is 8.45. The van der Waals surface area contributed by atoms with E-state index in [1.165, 1.54) is 56.6 Å². The number of fused-ring (bicyclic) bond motifs is 5. The summed E-state index contributed by atoms with van der Waals surface area (Å²) in [5.74, 6) is 0.331. The number of aliphatic carboxylic acids is 1. The van der Waals surface area contributed by atoms with Crippen molar-refractivity contribution in [1.29, 1.82) is 0 Å². The van der Waals surface area contributed by atoms with Crippen molar-refractivity contribution >= 4 is 24.1 Å². The first-order valence-corrected chi connectivity index (χ1v) is 16.4. The van der Waals surface area contributed by atoms with E-state index in [2.05, 4.69) is 24.4 Å². The summed E-state index contributed by atoms with van der Waals surface area (Å²) >= 11 is 0. The van der Waals surface area contributed by atoms with Crippen molar-refractivity contribution in [3.8, 4) is 0 Å². The first-order valence-electron chi connectivity index (χ1n) is 16.4. The minimum absolute atomic E-state index is 0.0172. The number of rotatable bonds is 13. The summed E-state index contributed by atoms with van der Waals surface area (Å²) in [6.45, 7) is 3.91.